The van der Waals surface area contributed by atoms with Gasteiger partial charge in [0.1, 0.15) is 40.4 Å². The molecule has 2 aromatic carbocycles. The third-order valence-corrected chi connectivity index (χ3v) is 5.03. The Kier molecular flexibility index (Phi) is 5.46. The molecule has 1 aliphatic rings. The Morgan fingerprint density at radius 1 is 1.00 bits per heavy atom. The maximum absolute atomic E-state index is 12.5. The molecular weight excluding hydrogens is 412 g/mol. The van der Waals surface area contributed by atoms with E-state index in [2.05, 4.69) is 0 Å². The lowest BCUT2D eigenvalue weighted by Crippen LogP contribution is -2.51. The van der Waals surface area contributed by atoms with Gasteiger partial charge >= 0.3 is 0 Å². The summed E-state index contributed by atoms with van der Waals surface area (Å²) in [5, 5.41) is 58.4. The standard InChI is InChI=1S/C21H20O10/c22-8-18-21(28)15(27)7-19(31-18)29-10-4-13(25)20-14(26)6-16(30-17(20)5-10)9-1-2-11(23)12(24)3-9/h1-6,15,18-19,21-25,27-28H,7-8H2/t15-,18+,19-,21-/m0/s1. The first-order valence-corrected chi connectivity index (χ1v) is 9.39. The summed E-state index contributed by atoms with van der Waals surface area (Å²) in [5.74, 6) is -0.993. The number of aromatic hydroxyl groups is 3. The van der Waals surface area contributed by atoms with Gasteiger partial charge in [-0.05, 0) is 18.2 Å². The third-order valence-electron chi connectivity index (χ3n) is 5.03. The Hall–Kier alpha value is -3.31. The van der Waals surface area contributed by atoms with Gasteiger partial charge < -0.3 is 44.5 Å². The number of aliphatic hydroxyl groups is 3. The summed E-state index contributed by atoms with van der Waals surface area (Å²) >= 11 is 0. The number of ether oxygens (including phenoxy) is 2. The van der Waals surface area contributed by atoms with Crippen molar-refractivity contribution < 1.29 is 44.5 Å². The Morgan fingerprint density at radius 2 is 1.77 bits per heavy atom. The van der Waals surface area contributed by atoms with Crippen LogP contribution in [0, 0.1) is 0 Å². The van der Waals surface area contributed by atoms with E-state index >= 15 is 0 Å². The molecule has 1 fully saturated rings. The van der Waals surface area contributed by atoms with Gasteiger partial charge in [0.2, 0.25) is 6.29 Å². The molecule has 0 aliphatic carbocycles. The normalized spacial score (nSPS) is 23.7. The quantitative estimate of drug-likeness (QED) is 0.324. The number of fused-ring (bicyclic) bond motifs is 1. The Labute approximate surface area is 174 Å². The summed E-state index contributed by atoms with van der Waals surface area (Å²) in [6.07, 6.45) is -4.62. The minimum Gasteiger partial charge on any atom is -0.507 e. The molecule has 1 aromatic heterocycles. The Morgan fingerprint density at radius 3 is 2.48 bits per heavy atom. The van der Waals surface area contributed by atoms with Crippen molar-refractivity contribution in [2.24, 2.45) is 0 Å². The average molecular weight is 432 g/mol. The van der Waals surface area contributed by atoms with Gasteiger partial charge in [0.05, 0.1) is 12.7 Å². The molecule has 4 atom stereocenters. The SMILES string of the molecule is O=c1cc(-c2ccc(O)c(O)c2)oc2cc(O[C@@H]3C[C@H](O)[C@H](O)[C@@H](CO)O3)cc(O)c12. The lowest BCUT2D eigenvalue weighted by atomic mass is 10.0. The second-order valence-electron chi connectivity index (χ2n) is 7.19. The van der Waals surface area contributed by atoms with Gasteiger partial charge in [-0.25, -0.2) is 0 Å². The number of phenolic OH excluding ortho intramolecular Hbond substituents is 3. The van der Waals surface area contributed by atoms with Gasteiger partial charge in [0.15, 0.2) is 16.9 Å². The van der Waals surface area contributed by atoms with Crippen LogP contribution in [-0.2, 0) is 4.74 Å². The van der Waals surface area contributed by atoms with Gasteiger partial charge in [-0.15, -0.1) is 0 Å². The lowest BCUT2D eigenvalue weighted by molar-refractivity contribution is -0.229. The summed E-state index contributed by atoms with van der Waals surface area (Å²) in [6, 6.07) is 7.56. The first-order chi connectivity index (χ1) is 14.8. The van der Waals surface area contributed by atoms with Crippen LogP contribution in [0.3, 0.4) is 0 Å². The minimum absolute atomic E-state index is 0.0137. The van der Waals surface area contributed by atoms with E-state index in [1.54, 1.807) is 0 Å². The molecule has 1 saturated heterocycles. The van der Waals surface area contributed by atoms with Crippen LogP contribution >= 0.6 is 0 Å². The Balaban J connectivity index is 1.70. The van der Waals surface area contributed by atoms with Crippen LogP contribution in [0.4, 0.5) is 0 Å². The predicted molar refractivity (Wildman–Crippen MR) is 106 cm³/mol. The third kappa shape index (κ3) is 4.01. The molecule has 0 spiro atoms. The largest absolute Gasteiger partial charge is 0.507 e. The van der Waals surface area contributed by atoms with Crippen molar-refractivity contribution >= 4 is 11.0 Å². The summed E-state index contributed by atoms with van der Waals surface area (Å²) < 4.78 is 16.7. The molecule has 31 heavy (non-hydrogen) atoms. The minimum atomic E-state index is -1.27. The van der Waals surface area contributed by atoms with Gasteiger partial charge in [0.25, 0.3) is 0 Å². The zero-order valence-electron chi connectivity index (χ0n) is 16.0. The number of hydrogen-bond acceptors (Lipinski definition) is 10. The predicted octanol–water partition coefficient (Wildman–Crippen LogP) is 0.785. The molecule has 10 nitrogen and oxygen atoms in total. The van der Waals surface area contributed by atoms with E-state index in [0.29, 0.717) is 5.56 Å². The van der Waals surface area contributed by atoms with Gasteiger partial charge in [-0.1, -0.05) is 0 Å². The Bertz CT molecular complexity index is 1170. The smallest absolute Gasteiger partial charge is 0.202 e. The lowest BCUT2D eigenvalue weighted by Gasteiger charge is -2.36. The summed E-state index contributed by atoms with van der Waals surface area (Å²) in [5.41, 5.74) is -0.237. The molecule has 10 heteroatoms. The van der Waals surface area contributed by atoms with Crippen molar-refractivity contribution in [1.29, 1.82) is 0 Å². The summed E-state index contributed by atoms with van der Waals surface area (Å²) in [7, 11) is 0. The fourth-order valence-corrected chi connectivity index (χ4v) is 3.42. The zero-order chi connectivity index (χ0) is 22.3. The molecule has 0 radical (unpaired) electrons. The average Bonchev–Trinajstić information content (AvgIpc) is 2.72. The van der Waals surface area contributed by atoms with Crippen molar-refractivity contribution in [3.8, 4) is 34.3 Å². The van der Waals surface area contributed by atoms with E-state index in [1.165, 1.54) is 30.3 Å². The van der Waals surface area contributed by atoms with Crippen LogP contribution in [0.2, 0.25) is 0 Å². The second-order valence-corrected chi connectivity index (χ2v) is 7.19. The van der Waals surface area contributed by atoms with E-state index in [0.717, 1.165) is 6.07 Å². The molecule has 0 unspecified atom stereocenters. The fourth-order valence-electron chi connectivity index (χ4n) is 3.42. The second kappa shape index (κ2) is 8.08. The molecule has 4 rings (SSSR count). The fraction of sp³-hybridized carbons (Fsp3) is 0.286. The highest BCUT2D eigenvalue weighted by molar-refractivity contribution is 5.86. The summed E-state index contributed by atoms with van der Waals surface area (Å²) in [4.78, 5) is 12.5. The van der Waals surface area contributed by atoms with Crippen LogP contribution < -0.4 is 10.2 Å². The summed E-state index contributed by atoms with van der Waals surface area (Å²) in [6.45, 7) is -0.529. The highest BCUT2D eigenvalue weighted by Gasteiger charge is 2.37. The van der Waals surface area contributed by atoms with Crippen LogP contribution in [0.5, 0.6) is 23.0 Å². The van der Waals surface area contributed by atoms with Crippen molar-refractivity contribution in [3.05, 3.63) is 46.6 Å². The number of hydrogen-bond donors (Lipinski definition) is 6. The zero-order valence-corrected chi connectivity index (χ0v) is 16.0. The van der Waals surface area contributed by atoms with E-state index in [4.69, 9.17) is 13.9 Å². The molecule has 2 heterocycles. The van der Waals surface area contributed by atoms with Crippen LogP contribution in [0.1, 0.15) is 6.42 Å². The number of phenols is 3. The highest BCUT2D eigenvalue weighted by Crippen LogP contribution is 2.35. The number of rotatable bonds is 4. The molecule has 0 bridgehead atoms. The monoisotopic (exact) mass is 432 g/mol. The van der Waals surface area contributed by atoms with Gasteiger partial charge in [0, 0.05) is 30.2 Å². The molecule has 0 amide bonds. The number of benzene rings is 2. The first kappa shape index (κ1) is 20.9. The highest BCUT2D eigenvalue weighted by atomic mass is 16.7. The van der Waals surface area contributed by atoms with Crippen molar-refractivity contribution in [2.45, 2.75) is 31.0 Å². The molecule has 6 N–H and O–H groups in total. The van der Waals surface area contributed by atoms with E-state index in [-0.39, 0.29) is 34.6 Å². The van der Waals surface area contributed by atoms with Gasteiger partial charge in [-0.2, -0.15) is 0 Å². The molecule has 164 valence electrons. The molecule has 0 saturated carbocycles. The maximum atomic E-state index is 12.5. The topological polar surface area (TPSA) is 170 Å². The van der Waals surface area contributed by atoms with E-state index in [9.17, 15) is 35.4 Å². The van der Waals surface area contributed by atoms with Crippen LogP contribution in [-0.4, -0.2) is 61.8 Å². The van der Waals surface area contributed by atoms with Gasteiger partial charge in [-0.3, -0.25) is 4.79 Å². The van der Waals surface area contributed by atoms with Crippen molar-refractivity contribution in [3.63, 3.8) is 0 Å². The van der Waals surface area contributed by atoms with E-state index < -0.39 is 48.1 Å². The number of aliphatic hydroxyl groups excluding tert-OH is 3. The van der Waals surface area contributed by atoms with Crippen molar-refractivity contribution in [2.75, 3.05) is 6.61 Å². The molecule has 3 aromatic rings. The molecular formula is C21H20O10. The van der Waals surface area contributed by atoms with Crippen LogP contribution in [0.25, 0.3) is 22.3 Å². The maximum Gasteiger partial charge on any atom is 0.202 e. The molecule has 1 aliphatic heterocycles. The van der Waals surface area contributed by atoms with Crippen molar-refractivity contribution in [1.82, 2.24) is 0 Å². The first-order valence-electron chi connectivity index (χ1n) is 9.39. The van der Waals surface area contributed by atoms with Crippen LogP contribution in [0.15, 0.2) is 45.6 Å². The van der Waals surface area contributed by atoms with E-state index in [1.807, 2.05) is 0 Å².